The number of piperidine rings is 1. The number of hydrogen-bond donors (Lipinski definition) is 1. The molecular formula is C18H19ClF3N3O3S2. The first-order valence-electron chi connectivity index (χ1n) is 9.03. The number of carbonyl (C=O) groups excluding carboxylic acids is 1. The molecule has 1 N–H and O–H groups in total. The molecule has 30 heavy (non-hydrogen) atoms. The van der Waals surface area contributed by atoms with Crippen molar-refractivity contribution in [3.8, 4) is 0 Å². The first-order valence-corrected chi connectivity index (χ1v) is 12.1. The van der Waals surface area contributed by atoms with Crippen LogP contribution in [0.4, 0.5) is 18.3 Å². The van der Waals surface area contributed by atoms with Crippen LogP contribution in [-0.2, 0) is 27.4 Å². The van der Waals surface area contributed by atoms with Gasteiger partial charge in [0.05, 0.1) is 16.8 Å². The number of nitrogens with one attached hydrogen (secondary N) is 1. The van der Waals surface area contributed by atoms with Gasteiger partial charge in [-0.05, 0) is 30.5 Å². The van der Waals surface area contributed by atoms with Gasteiger partial charge in [-0.3, -0.25) is 4.79 Å². The van der Waals surface area contributed by atoms with Crippen molar-refractivity contribution in [2.24, 2.45) is 0 Å². The maximum absolute atomic E-state index is 13.0. The molecule has 0 saturated carbocycles. The van der Waals surface area contributed by atoms with E-state index in [9.17, 15) is 26.4 Å². The number of benzene rings is 1. The minimum atomic E-state index is -4.55. The Bertz CT molecular complexity index is 1040. The number of hydrogen-bond acceptors (Lipinski definition) is 5. The summed E-state index contributed by atoms with van der Waals surface area (Å²) in [4.78, 5) is 17.3. The second-order valence-electron chi connectivity index (χ2n) is 7.00. The summed E-state index contributed by atoms with van der Waals surface area (Å²) in [5, 5.41) is 2.52. The number of sulfonamides is 1. The molecule has 1 unspecified atom stereocenters. The van der Waals surface area contributed by atoms with Gasteiger partial charge in [0.1, 0.15) is 6.04 Å². The van der Waals surface area contributed by atoms with Crippen molar-refractivity contribution in [1.29, 1.82) is 0 Å². The standard InChI is InChI=1S/C18H19ClF3N3O3S2/c1-30(27,28)25-7-3-2-4-15(25)16(26)24-17-23-10-12(29-17)8-11-5-6-14(19)13(9-11)18(20,21)22/h5-6,9-10,15H,2-4,7-8H2,1H3,(H,23,24,26). The molecule has 0 bridgehead atoms. The predicted molar refractivity (Wildman–Crippen MR) is 109 cm³/mol. The Balaban J connectivity index is 1.70. The van der Waals surface area contributed by atoms with E-state index in [0.29, 0.717) is 23.3 Å². The van der Waals surface area contributed by atoms with Gasteiger partial charge in [-0.2, -0.15) is 17.5 Å². The van der Waals surface area contributed by atoms with Crippen LogP contribution in [-0.4, -0.2) is 42.5 Å². The van der Waals surface area contributed by atoms with Gasteiger partial charge in [-0.25, -0.2) is 13.4 Å². The highest BCUT2D eigenvalue weighted by Gasteiger charge is 2.35. The summed E-state index contributed by atoms with van der Waals surface area (Å²) in [5.41, 5.74) is -0.498. The fraction of sp³-hybridized carbons (Fsp3) is 0.444. The highest BCUT2D eigenvalue weighted by atomic mass is 35.5. The number of rotatable bonds is 5. The third-order valence-electron chi connectivity index (χ3n) is 4.68. The number of alkyl halides is 3. The lowest BCUT2D eigenvalue weighted by atomic mass is 10.0. The van der Waals surface area contributed by atoms with E-state index < -0.39 is 33.7 Å². The Morgan fingerprint density at radius 1 is 1.37 bits per heavy atom. The van der Waals surface area contributed by atoms with E-state index in [2.05, 4.69) is 10.3 Å². The van der Waals surface area contributed by atoms with E-state index in [1.165, 1.54) is 22.6 Å². The Hall–Kier alpha value is -1.69. The molecule has 1 fully saturated rings. The third-order valence-corrected chi connectivity index (χ3v) is 7.21. The van der Waals surface area contributed by atoms with Crippen LogP contribution >= 0.6 is 22.9 Å². The molecular weight excluding hydrogens is 463 g/mol. The topological polar surface area (TPSA) is 79.4 Å². The number of thiazole rings is 1. The molecule has 1 aromatic heterocycles. The normalized spacial score (nSPS) is 18.4. The number of carbonyl (C=O) groups is 1. The van der Waals surface area contributed by atoms with Crippen molar-refractivity contribution in [2.45, 2.75) is 37.9 Å². The Kier molecular flexibility index (Phi) is 6.75. The highest BCUT2D eigenvalue weighted by molar-refractivity contribution is 7.88. The molecule has 1 aromatic carbocycles. The molecule has 0 spiro atoms. The van der Waals surface area contributed by atoms with Crippen molar-refractivity contribution >= 4 is 44.0 Å². The van der Waals surface area contributed by atoms with Gasteiger partial charge in [-0.1, -0.05) is 24.1 Å². The molecule has 1 amide bonds. The van der Waals surface area contributed by atoms with Crippen LogP contribution in [0.2, 0.25) is 5.02 Å². The SMILES string of the molecule is CS(=O)(=O)N1CCCCC1C(=O)Nc1ncc(Cc2ccc(Cl)c(C(F)(F)F)c2)s1. The predicted octanol–water partition coefficient (Wildman–Crippen LogP) is 4.16. The van der Waals surface area contributed by atoms with Crippen molar-refractivity contribution in [3.05, 3.63) is 45.4 Å². The maximum Gasteiger partial charge on any atom is 0.417 e. The minimum Gasteiger partial charge on any atom is -0.301 e. The van der Waals surface area contributed by atoms with E-state index in [0.717, 1.165) is 30.1 Å². The number of amides is 1. The van der Waals surface area contributed by atoms with Gasteiger partial charge in [0.15, 0.2) is 5.13 Å². The summed E-state index contributed by atoms with van der Waals surface area (Å²) in [7, 11) is -3.51. The zero-order valence-corrected chi connectivity index (χ0v) is 18.3. The maximum atomic E-state index is 13.0. The zero-order chi connectivity index (χ0) is 22.1. The molecule has 1 aliphatic rings. The number of halogens is 4. The molecule has 0 radical (unpaired) electrons. The van der Waals surface area contributed by atoms with Gasteiger partial charge in [0.25, 0.3) is 0 Å². The lowest BCUT2D eigenvalue weighted by molar-refractivity contribution is -0.137. The number of nitrogens with zero attached hydrogens (tertiary/aromatic N) is 2. The van der Waals surface area contributed by atoms with E-state index in [-0.39, 0.29) is 23.1 Å². The van der Waals surface area contributed by atoms with E-state index in [1.54, 1.807) is 0 Å². The molecule has 164 valence electrons. The van der Waals surface area contributed by atoms with Crippen LogP contribution in [0.3, 0.4) is 0 Å². The van der Waals surface area contributed by atoms with Crippen molar-refractivity contribution in [3.63, 3.8) is 0 Å². The van der Waals surface area contributed by atoms with Crippen LogP contribution in [0.1, 0.15) is 35.3 Å². The van der Waals surface area contributed by atoms with E-state index in [1.807, 2.05) is 0 Å². The van der Waals surface area contributed by atoms with Gasteiger partial charge in [-0.15, -0.1) is 11.3 Å². The summed E-state index contributed by atoms with van der Waals surface area (Å²) in [6.07, 6.45) is 0.0313. The molecule has 1 aliphatic heterocycles. The summed E-state index contributed by atoms with van der Waals surface area (Å²) in [6, 6.07) is 2.90. The smallest absolute Gasteiger partial charge is 0.301 e. The lowest BCUT2D eigenvalue weighted by Crippen LogP contribution is -2.49. The summed E-state index contributed by atoms with van der Waals surface area (Å²) >= 11 is 6.76. The molecule has 6 nitrogen and oxygen atoms in total. The summed E-state index contributed by atoms with van der Waals surface area (Å²) in [5.74, 6) is -0.466. The molecule has 1 saturated heterocycles. The van der Waals surface area contributed by atoms with Crippen LogP contribution in [0, 0.1) is 0 Å². The van der Waals surface area contributed by atoms with Gasteiger partial charge in [0.2, 0.25) is 15.9 Å². The van der Waals surface area contributed by atoms with E-state index in [4.69, 9.17) is 11.6 Å². The lowest BCUT2D eigenvalue weighted by Gasteiger charge is -2.32. The zero-order valence-electron chi connectivity index (χ0n) is 15.9. The largest absolute Gasteiger partial charge is 0.417 e. The highest BCUT2D eigenvalue weighted by Crippen LogP contribution is 2.36. The molecule has 3 rings (SSSR count). The molecule has 2 heterocycles. The van der Waals surface area contributed by atoms with Gasteiger partial charge >= 0.3 is 6.18 Å². The number of anilines is 1. The van der Waals surface area contributed by atoms with Crippen LogP contribution < -0.4 is 5.32 Å². The van der Waals surface area contributed by atoms with Crippen LogP contribution in [0.25, 0.3) is 0 Å². The molecule has 2 aromatic rings. The van der Waals surface area contributed by atoms with Gasteiger partial charge in [0, 0.05) is 24.0 Å². The Morgan fingerprint density at radius 3 is 2.77 bits per heavy atom. The van der Waals surface area contributed by atoms with Crippen molar-refractivity contribution < 1.29 is 26.4 Å². The second-order valence-corrected chi connectivity index (χ2v) is 10.5. The fourth-order valence-corrected chi connectivity index (χ4v) is 5.50. The van der Waals surface area contributed by atoms with Crippen molar-refractivity contribution in [2.75, 3.05) is 18.1 Å². The van der Waals surface area contributed by atoms with Crippen LogP contribution in [0.15, 0.2) is 24.4 Å². The average Bonchev–Trinajstić information content (AvgIpc) is 3.08. The average molecular weight is 482 g/mol. The molecule has 12 heteroatoms. The third kappa shape index (κ3) is 5.51. The second kappa shape index (κ2) is 8.81. The first kappa shape index (κ1) is 23.0. The minimum absolute atomic E-state index is 0.187. The quantitative estimate of drug-likeness (QED) is 0.695. The summed E-state index contributed by atoms with van der Waals surface area (Å²) in [6.45, 7) is 0.290. The van der Waals surface area contributed by atoms with Crippen molar-refractivity contribution in [1.82, 2.24) is 9.29 Å². The Morgan fingerprint density at radius 2 is 2.10 bits per heavy atom. The first-order chi connectivity index (χ1) is 13.9. The van der Waals surface area contributed by atoms with Gasteiger partial charge < -0.3 is 5.32 Å². The fourth-order valence-electron chi connectivity index (χ4n) is 3.30. The molecule has 1 atom stereocenters. The number of aromatic nitrogens is 1. The molecule has 0 aliphatic carbocycles. The summed E-state index contributed by atoms with van der Waals surface area (Å²) < 4.78 is 64.1. The Labute approximate surface area is 181 Å². The van der Waals surface area contributed by atoms with Crippen LogP contribution in [0.5, 0.6) is 0 Å². The van der Waals surface area contributed by atoms with E-state index >= 15 is 0 Å². The monoisotopic (exact) mass is 481 g/mol.